The number of ether oxygens (including phenoxy) is 1. The van der Waals surface area contributed by atoms with Crippen LogP contribution in [0.2, 0.25) is 0 Å². The van der Waals surface area contributed by atoms with E-state index in [0.29, 0.717) is 31.1 Å². The van der Waals surface area contributed by atoms with Crippen molar-refractivity contribution < 1.29 is 9.13 Å². The van der Waals surface area contributed by atoms with Crippen molar-refractivity contribution in [1.82, 2.24) is 29.4 Å². The van der Waals surface area contributed by atoms with Crippen LogP contribution in [-0.2, 0) is 20.0 Å². The first-order valence-corrected chi connectivity index (χ1v) is 8.98. The lowest BCUT2D eigenvalue weighted by Crippen LogP contribution is -2.10. The third-order valence-electron chi connectivity index (χ3n) is 4.97. The highest BCUT2D eigenvalue weighted by molar-refractivity contribution is 5.75. The normalized spacial score (nSPS) is 13.0. The summed E-state index contributed by atoms with van der Waals surface area (Å²) in [5.74, 6) is 1.10. The Morgan fingerprint density at radius 2 is 2.18 bits per heavy atom. The lowest BCUT2D eigenvalue weighted by Gasteiger charge is -2.13. The van der Waals surface area contributed by atoms with E-state index < -0.39 is 0 Å². The summed E-state index contributed by atoms with van der Waals surface area (Å²) in [6.07, 6.45) is 6.02. The van der Waals surface area contributed by atoms with Crippen LogP contribution in [-0.4, -0.2) is 36.0 Å². The number of hydrogen-bond donors (Lipinski definition) is 1. The molecule has 8 nitrogen and oxygen atoms in total. The van der Waals surface area contributed by atoms with Crippen LogP contribution in [0, 0.1) is 12.7 Å². The number of hydrogen-bond acceptors (Lipinski definition) is 6. The molecule has 142 valence electrons. The van der Waals surface area contributed by atoms with Crippen LogP contribution in [0.5, 0.6) is 5.75 Å². The van der Waals surface area contributed by atoms with Crippen molar-refractivity contribution in [3.05, 3.63) is 53.4 Å². The molecule has 3 aromatic heterocycles. The molecule has 9 heteroatoms. The number of rotatable bonds is 4. The summed E-state index contributed by atoms with van der Waals surface area (Å²) in [5, 5.41) is 11.2. The van der Waals surface area contributed by atoms with E-state index in [1.807, 2.05) is 24.6 Å². The Morgan fingerprint density at radius 3 is 3.00 bits per heavy atom. The third-order valence-corrected chi connectivity index (χ3v) is 4.97. The molecule has 1 aliphatic rings. The summed E-state index contributed by atoms with van der Waals surface area (Å²) < 4.78 is 23.5. The van der Waals surface area contributed by atoms with Crippen molar-refractivity contribution in [1.29, 1.82) is 0 Å². The maximum atomic E-state index is 14.4. The maximum absolute atomic E-state index is 14.4. The zero-order valence-corrected chi connectivity index (χ0v) is 15.5. The number of nitrogens with one attached hydrogen (secondary N) is 1. The van der Waals surface area contributed by atoms with Crippen LogP contribution in [0.3, 0.4) is 0 Å². The molecule has 0 saturated heterocycles. The molecule has 0 bridgehead atoms. The fraction of sp³-hybridized carbons (Fsp3) is 0.263. The van der Waals surface area contributed by atoms with Crippen molar-refractivity contribution in [2.24, 2.45) is 7.05 Å². The number of fused-ring (bicyclic) bond motifs is 2. The van der Waals surface area contributed by atoms with Crippen molar-refractivity contribution in [2.75, 3.05) is 11.9 Å². The number of aromatic nitrogens is 6. The Kier molecular flexibility index (Phi) is 3.75. The molecule has 1 aliphatic heterocycles. The van der Waals surface area contributed by atoms with Crippen LogP contribution in [0.1, 0.15) is 16.8 Å². The number of halogens is 1. The third kappa shape index (κ3) is 2.58. The average molecular weight is 379 g/mol. The molecule has 0 radical (unpaired) electrons. The van der Waals surface area contributed by atoms with Gasteiger partial charge in [-0.05, 0) is 19.1 Å². The van der Waals surface area contributed by atoms with E-state index in [4.69, 9.17) is 4.74 Å². The van der Waals surface area contributed by atoms with Gasteiger partial charge in [-0.3, -0.25) is 4.40 Å². The van der Waals surface area contributed by atoms with Gasteiger partial charge in [0, 0.05) is 43.5 Å². The molecule has 0 aliphatic carbocycles. The van der Waals surface area contributed by atoms with Gasteiger partial charge in [-0.25, -0.2) is 19.0 Å². The second-order valence-corrected chi connectivity index (χ2v) is 6.77. The lowest BCUT2D eigenvalue weighted by atomic mass is 10.0. The summed E-state index contributed by atoms with van der Waals surface area (Å²) in [4.78, 5) is 9.17. The smallest absolute Gasteiger partial charge is 0.208 e. The van der Waals surface area contributed by atoms with E-state index in [1.54, 1.807) is 23.1 Å². The standard InChI is InChI=1S/C19H18FN7O/c1-11-10-27-18(24-11)14(16-9-23-25-26(16)2)8-22-19(27)21-7-13-12-5-6-28-17(12)4-3-15(13)20/h3-4,8-10H,5-7H2,1-2H3,(H,21,22). The minimum atomic E-state index is -0.243. The number of imidazole rings is 1. The molecule has 4 aromatic rings. The van der Waals surface area contributed by atoms with Gasteiger partial charge in [-0.15, -0.1) is 5.10 Å². The largest absolute Gasteiger partial charge is 0.493 e. The van der Waals surface area contributed by atoms with Gasteiger partial charge < -0.3 is 10.1 Å². The fourth-order valence-electron chi connectivity index (χ4n) is 3.61. The SMILES string of the molecule is Cc1cn2c(NCc3c(F)ccc4c3CCO4)ncc(-c3cnnn3C)c2n1. The Hall–Kier alpha value is -3.49. The van der Waals surface area contributed by atoms with Gasteiger partial charge in [-0.1, -0.05) is 5.21 Å². The Labute approximate surface area is 160 Å². The van der Waals surface area contributed by atoms with Crippen molar-refractivity contribution >= 4 is 11.6 Å². The summed E-state index contributed by atoms with van der Waals surface area (Å²) in [7, 11) is 1.82. The average Bonchev–Trinajstić information content (AvgIpc) is 3.40. The van der Waals surface area contributed by atoms with Gasteiger partial charge in [0.2, 0.25) is 5.95 Å². The lowest BCUT2D eigenvalue weighted by molar-refractivity contribution is 0.356. The highest BCUT2D eigenvalue weighted by Gasteiger charge is 2.20. The van der Waals surface area contributed by atoms with Crippen LogP contribution in [0.4, 0.5) is 10.3 Å². The van der Waals surface area contributed by atoms with Crippen LogP contribution >= 0.6 is 0 Å². The van der Waals surface area contributed by atoms with Gasteiger partial charge in [0.05, 0.1) is 29.8 Å². The molecule has 1 aromatic carbocycles. The van der Waals surface area contributed by atoms with Gasteiger partial charge >= 0.3 is 0 Å². The van der Waals surface area contributed by atoms with E-state index >= 15 is 0 Å². The monoisotopic (exact) mass is 379 g/mol. The first kappa shape index (κ1) is 16.7. The van der Waals surface area contributed by atoms with E-state index in [2.05, 4.69) is 25.6 Å². The molecule has 5 rings (SSSR count). The molecule has 0 spiro atoms. The summed E-state index contributed by atoms with van der Waals surface area (Å²) in [6.45, 7) is 2.82. The summed E-state index contributed by atoms with van der Waals surface area (Å²) in [5.41, 5.74) is 4.77. The van der Waals surface area contributed by atoms with Gasteiger partial charge in [0.25, 0.3) is 0 Å². The van der Waals surface area contributed by atoms with Gasteiger partial charge in [0.15, 0.2) is 5.65 Å². The summed E-state index contributed by atoms with van der Waals surface area (Å²) >= 11 is 0. The van der Waals surface area contributed by atoms with E-state index in [0.717, 1.165) is 33.9 Å². The van der Waals surface area contributed by atoms with E-state index in [1.165, 1.54) is 6.07 Å². The second-order valence-electron chi connectivity index (χ2n) is 6.77. The molecule has 0 unspecified atom stereocenters. The van der Waals surface area contributed by atoms with Crippen LogP contribution in [0.15, 0.2) is 30.7 Å². The van der Waals surface area contributed by atoms with Crippen molar-refractivity contribution in [3.8, 4) is 17.0 Å². The highest BCUT2D eigenvalue weighted by atomic mass is 19.1. The number of anilines is 1. The Morgan fingerprint density at radius 1 is 1.29 bits per heavy atom. The van der Waals surface area contributed by atoms with Crippen molar-refractivity contribution in [2.45, 2.75) is 19.9 Å². The van der Waals surface area contributed by atoms with Gasteiger partial charge in [0.1, 0.15) is 11.6 Å². The Balaban J connectivity index is 1.53. The van der Waals surface area contributed by atoms with Gasteiger partial charge in [-0.2, -0.15) is 0 Å². The van der Waals surface area contributed by atoms with Crippen molar-refractivity contribution in [3.63, 3.8) is 0 Å². The molecule has 4 heterocycles. The fourth-order valence-corrected chi connectivity index (χ4v) is 3.61. The maximum Gasteiger partial charge on any atom is 0.208 e. The number of nitrogens with zero attached hydrogens (tertiary/aromatic N) is 6. The molecule has 0 amide bonds. The molecule has 0 fully saturated rings. The molecule has 28 heavy (non-hydrogen) atoms. The zero-order valence-electron chi connectivity index (χ0n) is 15.5. The molecular formula is C19H18FN7O. The molecule has 1 N–H and O–H groups in total. The first-order valence-electron chi connectivity index (χ1n) is 8.98. The van der Waals surface area contributed by atoms with E-state index in [-0.39, 0.29) is 5.82 Å². The van der Waals surface area contributed by atoms with Crippen LogP contribution < -0.4 is 10.1 Å². The van der Waals surface area contributed by atoms with E-state index in [9.17, 15) is 4.39 Å². The molecular weight excluding hydrogens is 361 g/mol. The van der Waals surface area contributed by atoms with Crippen LogP contribution in [0.25, 0.3) is 16.9 Å². The minimum Gasteiger partial charge on any atom is -0.493 e. The minimum absolute atomic E-state index is 0.243. The predicted molar refractivity (Wildman–Crippen MR) is 101 cm³/mol. The highest BCUT2D eigenvalue weighted by Crippen LogP contribution is 2.31. The quantitative estimate of drug-likeness (QED) is 0.587. The zero-order chi connectivity index (χ0) is 19.3. The number of aryl methyl sites for hydroxylation is 2. The summed E-state index contributed by atoms with van der Waals surface area (Å²) in [6, 6.07) is 3.14. The second kappa shape index (κ2) is 6.29. The Bertz CT molecular complexity index is 1200. The topological polar surface area (TPSA) is 82.2 Å². The molecule has 0 atom stereocenters. The molecule has 0 saturated carbocycles. The first-order chi connectivity index (χ1) is 13.6. The number of benzene rings is 1. The predicted octanol–water partition coefficient (Wildman–Crippen LogP) is 2.52.